The molecule has 2 rings (SSSR count). The van der Waals surface area contributed by atoms with Crippen LogP contribution in [0.5, 0.6) is 0 Å². The SMILES string of the molecule is CCCCC(c1cccnc1)N(C)C(=O)NCc1ccc(C#N)cc1. The molecule has 0 saturated carbocycles. The Morgan fingerprint density at radius 1 is 1.32 bits per heavy atom. The summed E-state index contributed by atoms with van der Waals surface area (Å²) in [6, 6.07) is 13.1. The van der Waals surface area contributed by atoms with E-state index < -0.39 is 0 Å². The average Bonchev–Trinajstić information content (AvgIpc) is 2.67. The molecule has 2 amide bonds. The third-order valence-electron chi connectivity index (χ3n) is 4.21. The minimum atomic E-state index is -0.116. The minimum Gasteiger partial charge on any atom is -0.334 e. The molecule has 0 spiro atoms. The average molecular weight is 336 g/mol. The summed E-state index contributed by atoms with van der Waals surface area (Å²) in [7, 11) is 1.82. The fraction of sp³-hybridized carbons (Fsp3) is 0.350. The molecule has 2 aromatic rings. The Balaban J connectivity index is 2.00. The number of unbranched alkanes of at least 4 members (excludes halogenated alkanes) is 1. The Bertz CT molecular complexity index is 707. The van der Waals surface area contributed by atoms with Crippen LogP contribution in [0.2, 0.25) is 0 Å². The topological polar surface area (TPSA) is 69.0 Å². The summed E-state index contributed by atoms with van der Waals surface area (Å²) in [5, 5.41) is 11.8. The van der Waals surface area contributed by atoms with Gasteiger partial charge in [0.1, 0.15) is 0 Å². The zero-order valence-corrected chi connectivity index (χ0v) is 14.8. The van der Waals surface area contributed by atoms with Gasteiger partial charge in [-0.05, 0) is 35.7 Å². The van der Waals surface area contributed by atoms with Gasteiger partial charge >= 0.3 is 6.03 Å². The third kappa shape index (κ3) is 5.32. The molecular weight excluding hydrogens is 312 g/mol. The largest absolute Gasteiger partial charge is 0.334 e. The Kier molecular flexibility index (Phi) is 6.97. The van der Waals surface area contributed by atoms with E-state index in [9.17, 15) is 4.79 Å². The van der Waals surface area contributed by atoms with E-state index in [1.807, 2.05) is 37.5 Å². The number of urea groups is 1. The van der Waals surface area contributed by atoms with Gasteiger partial charge in [0.15, 0.2) is 0 Å². The van der Waals surface area contributed by atoms with Gasteiger partial charge in [-0.2, -0.15) is 5.26 Å². The first-order chi connectivity index (χ1) is 12.2. The molecule has 0 bridgehead atoms. The minimum absolute atomic E-state index is 0.00890. The van der Waals surface area contributed by atoms with Crippen LogP contribution in [0.15, 0.2) is 48.8 Å². The van der Waals surface area contributed by atoms with Crippen LogP contribution in [0.4, 0.5) is 4.79 Å². The predicted octanol–water partition coefficient (Wildman–Crippen LogP) is 4.03. The lowest BCUT2D eigenvalue weighted by Gasteiger charge is -2.28. The van der Waals surface area contributed by atoms with E-state index in [1.165, 1.54) is 0 Å². The molecule has 1 aromatic heterocycles. The number of nitrogens with one attached hydrogen (secondary N) is 1. The molecule has 130 valence electrons. The van der Waals surface area contributed by atoms with Crippen molar-refractivity contribution < 1.29 is 4.79 Å². The van der Waals surface area contributed by atoms with Crippen molar-refractivity contribution in [3.05, 3.63) is 65.5 Å². The van der Waals surface area contributed by atoms with Gasteiger partial charge in [-0.3, -0.25) is 4.98 Å². The van der Waals surface area contributed by atoms with Crippen molar-refractivity contribution in [2.75, 3.05) is 7.05 Å². The molecule has 0 aliphatic heterocycles. The maximum Gasteiger partial charge on any atom is 0.317 e. The number of aromatic nitrogens is 1. The maximum atomic E-state index is 12.6. The summed E-state index contributed by atoms with van der Waals surface area (Å²) in [4.78, 5) is 18.5. The Labute approximate surface area is 149 Å². The molecule has 0 aliphatic carbocycles. The molecule has 0 radical (unpaired) electrons. The summed E-state index contributed by atoms with van der Waals surface area (Å²) in [6.45, 7) is 2.58. The highest BCUT2D eigenvalue weighted by Gasteiger charge is 2.21. The van der Waals surface area contributed by atoms with Crippen molar-refractivity contribution in [3.8, 4) is 6.07 Å². The molecule has 25 heavy (non-hydrogen) atoms. The number of hydrogen-bond acceptors (Lipinski definition) is 3. The van der Waals surface area contributed by atoms with Gasteiger partial charge in [0.05, 0.1) is 17.7 Å². The van der Waals surface area contributed by atoms with Crippen molar-refractivity contribution in [3.63, 3.8) is 0 Å². The van der Waals surface area contributed by atoms with E-state index in [-0.39, 0.29) is 12.1 Å². The van der Waals surface area contributed by atoms with Crippen LogP contribution in [-0.4, -0.2) is 23.0 Å². The van der Waals surface area contributed by atoms with Crippen LogP contribution in [0.1, 0.15) is 48.9 Å². The lowest BCUT2D eigenvalue weighted by Crippen LogP contribution is -2.39. The third-order valence-corrected chi connectivity index (χ3v) is 4.21. The van der Waals surface area contributed by atoms with Crippen LogP contribution >= 0.6 is 0 Å². The standard InChI is InChI=1S/C20H24N4O/c1-3-4-7-19(18-6-5-12-22-15-18)24(2)20(25)23-14-17-10-8-16(13-21)9-11-17/h5-6,8-12,15,19H,3-4,7,14H2,1-2H3,(H,23,25). The second-order valence-electron chi connectivity index (χ2n) is 6.02. The molecule has 1 atom stereocenters. The smallest absolute Gasteiger partial charge is 0.317 e. The van der Waals surface area contributed by atoms with E-state index in [2.05, 4.69) is 23.3 Å². The molecule has 0 aliphatic rings. The van der Waals surface area contributed by atoms with Gasteiger partial charge < -0.3 is 10.2 Å². The summed E-state index contributed by atoms with van der Waals surface area (Å²) in [5.74, 6) is 0. The first-order valence-corrected chi connectivity index (χ1v) is 8.55. The van der Waals surface area contributed by atoms with Crippen molar-refractivity contribution in [1.29, 1.82) is 5.26 Å². The van der Waals surface area contributed by atoms with Crippen LogP contribution < -0.4 is 5.32 Å². The number of nitrogens with zero attached hydrogens (tertiary/aromatic N) is 3. The highest BCUT2D eigenvalue weighted by Crippen LogP contribution is 2.24. The maximum absolute atomic E-state index is 12.6. The summed E-state index contributed by atoms with van der Waals surface area (Å²) in [5.41, 5.74) is 2.63. The van der Waals surface area contributed by atoms with Gasteiger partial charge in [-0.1, -0.05) is 38.0 Å². The first kappa shape index (κ1) is 18.5. The van der Waals surface area contributed by atoms with Gasteiger partial charge in [0, 0.05) is 26.0 Å². The lowest BCUT2D eigenvalue weighted by molar-refractivity contribution is 0.185. The number of nitriles is 1. The zero-order chi connectivity index (χ0) is 18.1. The molecule has 1 heterocycles. The van der Waals surface area contributed by atoms with Gasteiger partial charge in [0.2, 0.25) is 0 Å². The second kappa shape index (κ2) is 9.43. The molecule has 1 unspecified atom stereocenters. The Hall–Kier alpha value is -2.87. The van der Waals surface area contributed by atoms with Crippen molar-refractivity contribution in [1.82, 2.24) is 15.2 Å². The molecule has 5 heteroatoms. The fourth-order valence-corrected chi connectivity index (χ4v) is 2.70. The first-order valence-electron chi connectivity index (χ1n) is 8.55. The number of amides is 2. The fourth-order valence-electron chi connectivity index (χ4n) is 2.70. The summed E-state index contributed by atoms with van der Waals surface area (Å²) >= 11 is 0. The Morgan fingerprint density at radius 2 is 2.08 bits per heavy atom. The number of carbonyl (C=O) groups is 1. The van der Waals surface area contributed by atoms with Gasteiger partial charge in [-0.25, -0.2) is 4.79 Å². The monoisotopic (exact) mass is 336 g/mol. The van der Waals surface area contributed by atoms with Crippen molar-refractivity contribution in [2.45, 2.75) is 38.8 Å². The van der Waals surface area contributed by atoms with Crippen LogP contribution in [0.25, 0.3) is 0 Å². The quantitative estimate of drug-likeness (QED) is 0.830. The number of carbonyl (C=O) groups excluding carboxylic acids is 1. The van der Waals surface area contributed by atoms with E-state index in [0.717, 1.165) is 30.4 Å². The van der Waals surface area contributed by atoms with E-state index in [0.29, 0.717) is 12.1 Å². The number of hydrogen-bond donors (Lipinski definition) is 1. The molecule has 0 saturated heterocycles. The zero-order valence-electron chi connectivity index (χ0n) is 14.8. The molecular formula is C20H24N4O. The molecule has 1 aromatic carbocycles. The second-order valence-corrected chi connectivity index (χ2v) is 6.02. The normalized spacial score (nSPS) is 11.4. The van der Waals surface area contributed by atoms with Crippen molar-refractivity contribution in [2.24, 2.45) is 0 Å². The molecule has 0 fully saturated rings. The van der Waals surface area contributed by atoms with Crippen LogP contribution in [-0.2, 0) is 6.54 Å². The Morgan fingerprint density at radius 3 is 2.68 bits per heavy atom. The van der Waals surface area contributed by atoms with E-state index >= 15 is 0 Å². The van der Waals surface area contributed by atoms with Crippen LogP contribution in [0.3, 0.4) is 0 Å². The van der Waals surface area contributed by atoms with E-state index in [1.54, 1.807) is 23.2 Å². The molecule has 1 N–H and O–H groups in total. The summed E-state index contributed by atoms with van der Waals surface area (Å²) in [6.07, 6.45) is 6.60. The predicted molar refractivity (Wildman–Crippen MR) is 97.7 cm³/mol. The highest BCUT2D eigenvalue weighted by molar-refractivity contribution is 5.74. The summed E-state index contributed by atoms with van der Waals surface area (Å²) < 4.78 is 0. The van der Waals surface area contributed by atoms with E-state index in [4.69, 9.17) is 5.26 Å². The number of benzene rings is 1. The number of rotatable bonds is 7. The molecule has 5 nitrogen and oxygen atoms in total. The van der Waals surface area contributed by atoms with Gasteiger partial charge in [-0.15, -0.1) is 0 Å². The lowest BCUT2D eigenvalue weighted by atomic mass is 10.0. The van der Waals surface area contributed by atoms with Crippen LogP contribution in [0, 0.1) is 11.3 Å². The number of pyridine rings is 1. The highest BCUT2D eigenvalue weighted by atomic mass is 16.2. The van der Waals surface area contributed by atoms with Gasteiger partial charge in [0.25, 0.3) is 0 Å². The van der Waals surface area contributed by atoms with Crippen molar-refractivity contribution >= 4 is 6.03 Å².